The molecular formula is C13H14ClNO2. The Morgan fingerprint density at radius 3 is 2.82 bits per heavy atom. The average Bonchev–Trinajstić information content (AvgIpc) is 2.83. The number of halogens is 1. The molecule has 2 N–H and O–H groups in total. The first-order chi connectivity index (χ1) is 8.29. The minimum atomic E-state index is -0.168. The van der Waals surface area contributed by atoms with Crippen molar-refractivity contribution in [3.8, 4) is 0 Å². The van der Waals surface area contributed by atoms with E-state index in [0.717, 1.165) is 11.3 Å². The molecule has 1 heterocycles. The number of hydrogen-bond acceptors (Lipinski definition) is 3. The highest BCUT2D eigenvalue weighted by Gasteiger charge is 2.11. The molecule has 1 unspecified atom stereocenters. The van der Waals surface area contributed by atoms with E-state index in [1.807, 2.05) is 36.4 Å². The maximum Gasteiger partial charge on any atom is 0.129 e. The number of furan rings is 1. The quantitative estimate of drug-likeness (QED) is 0.888. The summed E-state index contributed by atoms with van der Waals surface area (Å²) in [6, 6.07) is 11.2. The lowest BCUT2D eigenvalue weighted by Gasteiger charge is -2.15. The van der Waals surface area contributed by atoms with Gasteiger partial charge in [0.1, 0.15) is 12.4 Å². The minimum Gasteiger partial charge on any atom is -0.467 e. The molecule has 0 bridgehead atoms. The Labute approximate surface area is 105 Å². The van der Waals surface area contributed by atoms with Gasteiger partial charge in [-0.2, -0.15) is 0 Å². The van der Waals surface area contributed by atoms with E-state index in [2.05, 4.69) is 0 Å². The maximum atomic E-state index is 5.93. The number of nitrogens with two attached hydrogens (primary N) is 1. The first-order valence-corrected chi connectivity index (χ1v) is 5.77. The Hall–Kier alpha value is -1.29. The third-order valence-electron chi connectivity index (χ3n) is 2.44. The fraction of sp³-hybridized carbons (Fsp3) is 0.231. The van der Waals surface area contributed by atoms with Crippen molar-refractivity contribution in [1.29, 1.82) is 0 Å². The second-order valence-electron chi connectivity index (χ2n) is 3.67. The number of rotatable bonds is 5. The molecule has 1 atom stereocenters. The van der Waals surface area contributed by atoms with E-state index < -0.39 is 0 Å². The van der Waals surface area contributed by atoms with Gasteiger partial charge in [0.25, 0.3) is 0 Å². The zero-order valence-electron chi connectivity index (χ0n) is 9.30. The second kappa shape index (κ2) is 5.87. The summed E-state index contributed by atoms with van der Waals surface area (Å²) in [6.07, 6.45) is 1.45. The lowest BCUT2D eigenvalue weighted by molar-refractivity contribution is 0.0355. The van der Waals surface area contributed by atoms with Crippen molar-refractivity contribution < 1.29 is 9.15 Å². The van der Waals surface area contributed by atoms with E-state index in [-0.39, 0.29) is 6.10 Å². The fourth-order valence-electron chi connectivity index (χ4n) is 1.58. The monoisotopic (exact) mass is 251 g/mol. The molecule has 2 aromatic rings. The highest BCUT2D eigenvalue weighted by atomic mass is 35.5. The molecule has 0 spiro atoms. The minimum absolute atomic E-state index is 0.168. The van der Waals surface area contributed by atoms with Crippen LogP contribution in [0.5, 0.6) is 0 Å². The molecule has 0 amide bonds. The van der Waals surface area contributed by atoms with E-state index in [1.54, 1.807) is 6.26 Å². The molecule has 0 aliphatic heterocycles. The van der Waals surface area contributed by atoms with E-state index in [4.69, 9.17) is 26.5 Å². The van der Waals surface area contributed by atoms with E-state index in [1.165, 1.54) is 0 Å². The summed E-state index contributed by atoms with van der Waals surface area (Å²) in [5.74, 6) is 0.783. The van der Waals surface area contributed by atoms with Gasteiger partial charge in [-0.3, -0.25) is 0 Å². The van der Waals surface area contributed by atoms with Gasteiger partial charge in [-0.1, -0.05) is 23.7 Å². The number of benzene rings is 1. The third-order valence-corrected chi connectivity index (χ3v) is 2.68. The molecule has 0 fully saturated rings. The summed E-state index contributed by atoms with van der Waals surface area (Å²) in [7, 11) is 0. The molecule has 3 nitrogen and oxygen atoms in total. The lowest BCUT2D eigenvalue weighted by atomic mass is 10.1. The average molecular weight is 252 g/mol. The highest BCUT2D eigenvalue weighted by molar-refractivity contribution is 6.30. The van der Waals surface area contributed by atoms with Gasteiger partial charge in [0.15, 0.2) is 0 Å². The Morgan fingerprint density at radius 2 is 2.18 bits per heavy atom. The van der Waals surface area contributed by atoms with Crippen LogP contribution in [0.2, 0.25) is 5.02 Å². The molecule has 0 saturated heterocycles. The smallest absolute Gasteiger partial charge is 0.129 e. The van der Waals surface area contributed by atoms with Crippen molar-refractivity contribution in [1.82, 2.24) is 0 Å². The SMILES string of the molecule is NCC(OCc1ccco1)c1cccc(Cl)c1. The van der Waals surface area contributed by atoms with Crippen LogP contribution in [0.15, 0.2) is 47.1 Å². The van der Waals surface area contributed by atoms with Crippen LogP contribution in [0.1, 0.15) is 17.4 Å². The van der Waals surface area contributed by atoms with Gasteiger partial charge in [-0.05, 0) is 29.8 Å². The van der Waals surface area contributed by atoms with Crippen LogP contribution in [-0.4, -0.2) is 6.54 Å². The van der Waals surface area contributed by atoms with Crippen LogP contribution in [0.25, 0.3) is 0 Å². The predicted octanol–water partition coefficient (Wildman–Crippen LogP) is 3.15. The molecule has 1 aromatic carbocycles. The van der Waals surface area contributed by atoms with Gasteiger partial charge in [0.2, 0.25) is 0 Å². The first kappa shape index (κ1) is 12.2. The standard InChI is InChI=1S/C13H14ClNO2/c14-11-4-1-3-10(7-11)13(8-15)17-9-12-5-2-6-16-12/h1-7,13H,8-9,15H2. The van der Waals surface area contributed by atoms with Gasteiger partial charge in [-0.25, -0.2) is 0 Å². The molecule has 4 heteroatoms. The summed E-state index contributed by atoms with van der Waals surface area (Å²) >= 11 is 5.93. The largest absolute Gasteiger partial charge is 0.467 e. The Balaban J connectivity index is 2.01. The molecule has 17 heavy (non-hydrogen) atoms. The number of hydrogen-bond donors (Lipinski definition) is 1. The zero-order chi connectivity index (χ0) is 12.1. The molecule has 2 rings (SSSR count). The van der Waals surface area contributed by atoms with Crippen molar-refractivity contribution in [2.45, 2.75) is 12.7 Å². The highest BCUT2D eigenvalue weighted by Crippen LogP contribution is 2.21. The first-order valence-electron chi connectivity index (χ1n) is 5.39. The van der Waals surface area contributed by atoms with Crippen LogP contribution < -0.4 is 5.73 Å². The van der Waals surface area contributed by atoms with E-state index >= 15 is 0 Å². The summed E-state index contributed by atoms with van der Waals surface area (Å²) in [5, 5.41) is 0.683. The van der Waals surface area contributed by atoms with Crippen molar-refractivity contribution in [2.24, 2.45) is 5.73 Å². The Kier molecular flexibility index (Phi) is 4.20. The molecule has 0 radical (unpaired) electrons. The predicted molar refractivity (Wildman–Crippen MR) is 66.7 cm³/mol. The van der Waals surface area contributed by atoms with Crippen molar-refractivity contribution in [3.63, 3.8) is 0 Å². The van der Waals surface area contributed by atoms with Crippen LogP contribution in [0.3, 0.4) is 0 Å². The molecule has 0 aliphatic carbocycles. The fourth-order valence-corrected chi connectivity index (χ4v) is 1.78. The van der Waals surface area contributed by atoms with Gasteiger partial charge in [-0.15, -0.1) is 0 Å². The summed E-state index contributed by atoms with van der Waals surface area (Å²) < 4.78 is 10.9. The lowest BCUT2D eigenvalue weighted by Crippen LogP contribution is -2.15. The normalized spacial score (nSPS) is 12.6. The van der Waals surface area contributed by atoms with Crippen molar-refractivity contribution in [2.75, 3.05) is 6.54 Å². The van der Waals surface area contributed by atoms with E-state index in [0.29, 0.717) is 18.2 Å². The molecule has 0 saturated carbocycles. The summed E-state index contributed by atoms with van der Waals surface area (Å²) in [5.41, 5.74) is 6.67. The topological polar surface area (TPSA) is 48.4 Å². The summed E-state index contributed by atoms with van der Waals surface area (Å²) in [4.78, 5) is 0. The second-order valence-corrected chi connectivity index (χ2v) is 4.11. The van der Waals surface area contributed by atoms with Gasteiger partial charge >= 0.3 is 0 Å². The number of ether oxygens (including phenoxy) is 1. The zero-order valence-corrected chi connectivity index (χ0v) is 10.1. The molecule has 1 aromatic heterocycles. The van der Waals surface area contributed by atoms with Crippen molar-refractivity contribution >= 4 is 11.6 Å². The molecular weight excluding hydrogens is 238 g/mol. The molecule has 0 aliphatic rings. The van der Waals surface area contributed by atoms with Gasteiger partial charge in [0.05, 0.1) is 12.4 Å². The van der Waals surface area contributed by atoms with Gasteiger partial charge < -0.3 is 14.9 Å². The van der Waals surface area contributed by atoms with Crippen LogP contribution in [0, 0.1) is 0 Å². The van der Waals surface area contributed by atoms with E-state index in [9.17, 15) is 0 Å². The van der Waals surface area contributed by atoms with Crippen molar-refractivity contribution in [3.05, 3.63) is 59.0 Å². The van der Waals surface area contributed by atoms with Crippen LogP contribution >= 0.6 is 11.6 Å². The third kappa shape index (κ3) is 3.33. The van der Waals surface area contributed by atoms with Crippen LogP contribution in [0.4, 0.5) is 0 Å². The van der Waals surface area contributed by atoms with Crippen LogP contribution in [-0.2, 0) is 11.3 Å². The maximum absolute atomic E-state index is 5.93. The summed E-state index contributed by atoms with van der Waals surface area (Å²) in [6.45, 7) is 0.808. The molecule has 90 valence electrons. The Morgan fingerprint density at radius 1 is 1.29 bits per heavy atom. The Bertz CT molecular complexity index is 456. The van der Waals surface area contributed by atoms with Gasteiger partial charge in [0, 0.05) is 11.6 Å².